The van der Waals surface area contributed by atoms with Gasteiger partial charge in [-0.1, -0.05) is 67.2 Å². The van der Waals surface area contributed by atoms with Gasteiger partial charge >= 0.3 is 0 Å². The van der Waals surface area contributed by atoms with Crippen LogP contribution in [0.25, 0.3) is 0 Å². The van der Waals surface area contributed by atoms with Gasteiger partial charge in [-0.2, -0.15) is 0 Å². The van der Waals surface area contributed by atoms with Crippen LogP contribution in [0.3, 0.4) is 0 Å². The smallest absolute Gasteiger partial charge is 0.220 e. The van der Waals surface area contributed by atoms with Crippen molar-refractivity contribution < 1.29 is 4.79 Å². The van der Waals surface area contributed by atoms with Crippen molar-refractivity contribution in [3.8, 4) is 0 Å². The number of carbonyl (C=O) groups is 1. The van der Waals surface area contributed by atoms with Gasteiger partial charge in [-0.25, -0.2) is 0 Å². The first-order chi connectivity index (χ1) is 12.5. The topological polar surface area (TPSA) is 29.1 Å². The molecular formula is C22H27Cl2NO. The predicted octanol–water partition coefficient (Wildman–Crippen LogP) is 6.40. The van der Waals surface area contributed by atoms with Crippen LogP contribution >= 0.6 is 23.2 Å². The summed E-state index contributed by atoms with van der Waals surface area (Å²) >= 11 is 12.0. The normalized spacial score (nSPS) is 13.2. The van der Waals surface area contributed by atoms with Crippen LogP contribution in [-0.4, -0.2) is 11.9 Å². The third-order valence-corrected chi connectivity index (χ3v) is 5.17. The predicted molar refractivity (Wildman–Crippen MR) is 111 cm³/mol. The molecule has 2 unspecified atom stereocenters. The maximum absolute atomic E-state index is 12.3. The molecule has 1 N–H and O–H groups in total. The highest BCUT2D eigenvalue weighted by Crippen LogP contribution is 2.27. The number of amides is 1. The van der Waals surface area contributed by atoms with Gasteiger partial charge in [0.25, 0.3) is 0 Å². The van der Waals surface area contributed by atoms with Crippen molar-refractivity contribution >= 4 is 29.1 Å². The van der Waals surface area contributed by atoms with E-state index in [0.29, 0.717) is 6.42 Å². The minimum absolute atomic E-state index is 0.0287. The Bertz CT molecular complexity index is 682. The number of benzene rings is 2. The van der Waals surface area contributed by atoms with Crippen molar-refractivity contribution in [2.75, 3.05) is 0 Å². The first-order valence-corrected chi connectivity index (χ1v) is 10.0. The summed E-state index contributed by atoms with van der Waals surface area (Å²) in [5.74, 6) is 0.296. The van der Waals surface area contributed by atoms with Gasteiger partial charge in [0.2, 0.25) is 5.91 Å². The van der Waals surface area contributed by atoms with Crippen LogP contribution in [0.2, 0.25) is 10.0 Å². The van der Waals surface area contributed by atoms with Crippen LogP contribution in [0.5, 0.6) is 0 Å². The fourth-order valence-electron chi connectivity index (χ4n) is 3.13. The maximum atomic E-state index is 12.3. The van der Waals surface area contributed by atoms with E-state index in [1.165, 1.54) is 11.1 Å². The SMILES string of the molecule is CCCCCC(=O)NC(C)C(Cc1ccc(Cl)cc1)c1ccc(Cl)cc1. The van der Waals surface area contributed by atoms with Gasteiger partial charge in [0.15, 0.2) is 0 Å². The number of rotatable bonds is 9. The minimum Gasteiger partial charge on any atom is -0.353 e. The second-order valence-corrected chi connectivity index (χ2v) is 7.67. The number of halogens is 2. The summed E-state index contributed by atoms with van der Waals surface area (Å²) in [5.41, 5.74) is 2.37. The second kappa shape index (κ2) is 10.6. The summed E-state index contributed by atoms with van der Waals surface area (Å²) in [5, 5.41) is 4.63. The third kappa shape index (κ3) is 6.66. The molecule has 0 aliphatic rings. The van der Waals surface area contributed by atoms with Crippen LogP contribution in [0.1, 0.15) is 56.6 Å². The number of unbranched alkanes of at least 4 members (excludes halogenated alkanes) is 2. The average Bonchev–Trinajstić information content (AvgIpc) is 2.62. The zero-order valence-electron chi connectivity index (χ0n) is 15.5. The van der Waals surface area contributed by atoms with E-state index in [1.54, 1.807) is 0 Å². The molecule has 2 nitrogen and oxygen atoms in total. The van der Waals surface area contributed by atoms with E-state index in [1.807, 2.05) is 48.5 Å². The van der Waals surface area contributed by atoms with E-state index in [9.17, 15) is 4.79 Å². The Labute approximate surface area is 166 Å². The lowest BCUT2D eigenvalue weighted by Gasteiger charge is -2.26. The molecule has 0 saturated carbocycles. The van der Waals surface area contributed by atoms with Crippen molar-refractivity contribution in [3.05, 3.63) is 69.7 Å². The van der Waals surface area contributed by atoms with Crippen LogP contribution in [-0.2, 0) is 11.2 Å². The molecule has 0 aromatic heterocycles. The molecule has 2 rings (SSSR count). The average molecular weight is 392 g/mol. The Balaban J connectivity index is 2.12. The highest BCUT2D eigenvalue weighted by atomic mass is 35.5. The fourth-order valence-corrected chi connectivity index (χ4v) is 3.38. The molecule has 0 fully saturated rings. The fraction of sp³-hybridized carbons (Fsp3) is 0.409. The van der Waals surface area contributed by atoms with Crippen molar-refractivity contribution in [2.24, 2.45) is 0 Å². The van der Waals surface area contributed by atoms with Crippen molar-refractivity contribution in [2.45, 2.75) is 57.9 Å². The van der Waals surface area contributed by atoms with Gasteiger partial charge in [-0.15, -0.1) is 0 Å². The molecule has 0 aliphatic heterocycles. The number of hydrogen-bond donors (Lipinski definition) is 1. The van der Waals surface area contributed by atoms with E-state index in [0.717, 1.165) is 35.7 Å². The molecule has 0 aliphatic carbocycles. The molecule has 0 saturated heterocycles. The number of nitrogens with one attached hydrogen (secondary N) is 1. The summed E-state index contributed by atoms with van der Waals surface area (Å²) in [6.07, 6.45) is 4.57. The Kier molecular flexibility index (Phi) is 8.47. The zero-order valence-corrected chi connectivity index (χ0v) is 17.0. The molecular weight excluding hydrogens is 365 g/mol. The van der Waals surface area contributed by atoms with Crippen molar-refractivity contribution in [1.29, 1.82) is 0 Å². The largest absolute Gasteiger partial charge is 0.353 e. The van der Waals surface area contributed by atoms with Crippen molar-refractivity contribution in [3.63, 3.8) is 0 Å². The van der Waals surface area contributed by atoms with Gasteiger partial charge in [-0.05, 0) is 55.2 Å². The monoisotopic (exact) mass is 391 g/mol. The Hall–Kier alpha value is -1.51. The first-order valence-electron chi connectivity index (χ1n) is 9.29. The highest BCUT2D eigenvalue weighted by Gasteiger charge is 2.21. The molecule has 1 amide bonds. The third-order valence-electron chi connectivity index (χ3n) is 4.67. The highest BCUT2D eigenvalue weighted by molar-refractivity contribution is 6.30. The van der Waals surface area contributed by atoms with Crippen LogP contribution in [0, 0.1) is 0 Å². The quantitative estimate of drug-likeness (QED) is 0.491. The minimum atomic E-state index is 0.0287. The molecule has 0 heterocycles. The van der Waals surface area contributed by atoms with E-state index in [-0.39, 0.29) is 17.9 Å². The summed E-state index contributed by atoms with van der Waals surface area (Å²) in [7, 11) is 0. The summed E-state index contributed by atoms with van der Waals surface area (Å²) < 4.78 is 0. The van der Waals surface area contributed by atoms with E-state index < -0.39 is 0 Å². The second-order valence-electron chi connectivity index (χ2n) is 6.80. The lowest BCUT2D eigenvalue weighted by Crippen LogP contribution is -2.37. The van der Waals surface area contributed by atoms with E-state index in [4.69, 9.17) is 23.2 Å². The molecule has 2 atom stereocenters. The lowest BCUT2D eigenvalue weighted by molar-refractivity contribution is -0.121. The van der Waals surface area contributed by atoms with Gasteiger partial charge in [-0.3, -0.25) is 4.79 Å². The molecule has 140 valence electrons. The summed E-state index contributed by atoms with van der Waals surface area (Å²) in [6.45, 7) is 4.22. The summed E-state index contributed by atoms with van der Waals surface area (Å²) in [6, 6.07) is 15.8. The zero-order chi connectivity index (χ0) is 18.9. The standard InChI is InChI=1S/C22H27Cl2NO/c1-3-4-5-6-22(26)25-16(2)21(18-9-13-20(24)14-10-18)15-17-7-11-19(23)12-8-17/h7-14,16,21H,3-6,15H2,1-2H3,(H,25,26). The van der Waals surface area contributed by atoms with Crippen molar-refractivity contribution in [1.82, 2.24) is 5.32 Å². The molecule has 4 heteroatoms. The van der Waals surface area contributed by atoms with Gasteiger partial charge < -0.3 is 5.32 Å². The van der Waals surface area contributed by atoms with Gasteiger partial charge in [0.05, 0.1) is 0 Å². The Morgan fingerprint density at radius 2 is 1.54 bits per heavy atom. The number of carbonyl (C=O) groups excluding carboxylic acids is 1. The van der Waals surface area contributed by atoms with E-state index >= 15 is 0 Å². The Morgan fingerprint density at radius 3 is 2.12 bits per heavy atom. The molecule has 0 bridgehead atoms. The molecule has 0 radical (unpaired) electrons. The molecule has 26 heavy (non-hydrogen) atoms. The lowest BCUT2D eigenvalue weighted by atomic mass is 9.86. The van der Waals surface area contributed by atoms with Crippen LogP contribution in [0.4, 0.5) is 0 Å². The molecule has 2 aromatic carbocycles. The van der Waals surface area contributed by atoms with Gasteiger partial charge in [0, 0.05) is 28.4 Å². The Morgan fingerprint density at radius 1 is 0.962 bits per heavy atom. The number of hydrogen-bond acceptors (Lipinski definition) is 1. The molecule has 2 aromatic rings. The maximum Gasteiger partial charge on any atom is 0.220 e. The van der Waals surface area contributed by atoms with Gasteiger partial charge in [0.1, 0.15) is 0 Å². The van der Waals surface area contributed by atoms with Crippen LogP contribution in [0.15, 0.2) is 48.5 Å². The summed E-state index contributed by atoms with van der Waals surface area (Å²) in [4.78, 5) is 12.3. The molecule has 0 spiro atoms. The first kappa shape index (κ1) is 20.8. The van der Waals surface area contributed by atoms with Crippen LogP contribution < -0.4 is 5.32 Å². The van der Waals surface area contributed by atoms with E-state index in [2.05, 4.69) is 19.2 Å².